The van der Waals surface area contributed by atoms with E-state index >= 15 is 0 Å². The van der Waals surface area contributed by atoms with Gasteiger partial charge in [-0.25, -0.2) is 19.3 Å². The quantitative estimate of drug-likeness (QED) is 0.378. The van der Waals surface area contributed by atoms with Gasteiger partial charge in [0.25, 0.3) is 0 Å². The van der Waals surface area contributed by atoms with Gasteiger partial charge in [-0.1, -0.05) is 13.8 Å². The van der Waals surface area contributed by atoms with Crippen LogP contribution in [0.15, 0.2) is 30.7 Å². The second-order valence-electron chi connectivity index (χ2n) is 9.58. The zero-order valence-corrected chi connectivity index (χ0v) is 21.7. The molecular formula is C26H33F4N7O. The van der Waals surface area contributed by atoms with E-state index in [0.717, 1.165) is 30.8 Å². The minimum Gasteiger partial charge on any atom is -0.487 e. The fraction of sp³-hybridized carbons (Fsp3) is 0.500. The molecule has 1 saturated heterocycles. The summed E-state index contributed by atoms with van der Waals surface area (Å²) < 4.78 is 61.6. The van der Waals surface area contributed by atoms with Crippen LogP contribution in [0.5, 0.6) is 5.75 Å². The predicted octanol–water partition coefficient (Wildman–Crippen LogP) is 4.86. The van der Waals surface area contributed by atoms with E-state index in [1.807, 2.05) is 25.3 Å². The number of rotatable bonds is 9. The number of imidazole rings is 1. The molecule has 0 spiro atoms. The van der Waals surface area contributed by atoms with Crippen molar-refractivity contribution in [3.8, 4) is 17.0 Å². The van der Waals surface area contributed by atoms with Crippen molar-refractivity contribution in [1.82, 2.24) is 24.8 Å². The molecule has 1 aliphatic heterocycles. The molecule has 38 heavy (non-hydrogen) atoms. The number of anilines is 2. The van der Waals surface area contributed by atoms with Crippen LogP contribution in [-0.4, -0.2) is 51.8 Å². The van der Waals surface area contributed by atoms with Crippen LogP contribution in [0.3, 0.4) is 0 Å². The van der Waals surface area contributed by atoms with E-state index in [-0.39, 0.29) is 23.3 Å². The molecule has 4 rings (SSSR count). The van der Waals surface area contributed by atoms with Gasteiger partial charge in [-0.05, 0) is 38.0 Å². The van der Waals surface area contributed by atoms with Crippen LogP contribution in [0.25, 0.3) is 11.3 Å². The molecule has 3 heterocycles. The molecule has 0 atom stereocenters. The van der Waals surface area contributed by atoms with E-state index in [9.17, 15) is 17.6 Å². The summed E-state index contributed by atoms with van der Waals surface area (Å²) >= 11 is 0. The van der Waals surface area contributed by atoms with Gasteiger partial charge < -0.3 is 25.3 Å². The Morgan fingerprint density at radius 3 is 2.58 bits per heavy atom. The number of nitrogens with one attached hydrogen (secondary N) is 1. The molecule has 0 amide bonds. The lowest BCUT2D eigenvalue weighted by Crippen LogP contribution is -2.35. The number of benzene rings is 1. The first-order valence-electron chi connectivity index (χ1n) is 12.7. The van der Waals surface area contributed by atoms with Gasteiger partial charge in [-0.3, -0.25) is 0 Å². The topological polar surface area (TPSA) is 94.1 Å². The van der Waals surface area contributed by atoms with Crippen molar-refractivity contribution in [3.63, 3.8) is 0 Å². The van der Waals surface area contributed by atoms with Crippen molar-refractivity contribution < 1.29 is 22.3 Å². The predicted molar refractivity (Wildman–Crippen MR) is 138 cm³/mol. The molecule has 1 fully saturated rings. The highest BCUT2D eigenvalue weighted by Gasteiger charge is 2.35. The Bertz CT molecular complexity index is 1240. The minimum absolute atomic E-state index is 0.0799. The summed E-state index contributed by atoms with van der Waals surface area (Å²) in [5, 5.41) is 3.37. The molecule has 8 nitrogen and oxygen atoms in total. The highest BCUT2D eigenvalue weighted by atomic mass is 19.4. The summed E-state index contributed by atoms with van der Waals surface area (Å²) in [4.78, 5) is 15.3. The van der Waals surface area contributed by atoms with Crippen molar-refractivity contribution in [3.05, 3.63) is 47.9 Å². The molecule has 206 valence electrons. The fourth-order valence-electron chi connectivity index (χ4n) is 4.68. The number of ether oxygens (including phenoxy) is 1. The van der Waals surface area contributed by atoms with Crippen LogP contribution in [0.2, 0.25) is 0 Å². The zero-order valence-electron chi connectivity index (χ0n) is 21.7. The third-order valence-electron chi connectivity index (χ3n) is 6.54. The lowest BCUT2D eigenvalue weighted by molar-refractivity contribution is -0.139. The van der Waals surface area contributed by atoms with Crippen molar-refractivity contribution in [1.29, 1.82) is 0 Å². The number of nitrogens with two attached hydrogens (primary N) is 1. The molecule has 0 aliphatic carbocycles. The third-order valence-corrected chi connectivity index (χ3v) is 6.54. The summed E-state index contributed by atoms with van der Waals surface area (Å²) in [6, 6.07) is 3.30. The fourth-order valence-corrected chi connectivity index (χ4v) is 4.68. The molecule has 1 aromatic carbocycles. The monoisotopic (exact) mass is 535 g/mol. The van der Waals surface area contributed by atoms with Crippen molar-refractivity contribution in [2.24, 2.45) is 0 Å². The highest BCUT2D eigenvalue weighted by molar-refractivity contribution is 5.63. The normalized spacial score (nSPS) is 14.9. The maximum absolute atomic E-state index is 13.9. The Balaban J connectivity index is 1.59. The molecule has 3 aromatic rings. The van der Waals surface area contributed by atoms with E-state index < -0.39 is 17.6 Å². The lowest BCUT2D eigenvalue weighted by Gasteiger charge is -2.33. The number of nitrogen functional groups attached to an aromatic ring is 1. The van der Waals surface area contributed by atoms with E-state index in [1.165, 1.54) is 12.4 Å². The Kier molecular flexibility index (Phi) is 8.39. The number of alkyl halides is 3. The summed E-state index contributed by atoms with van der Waals surface area (Å²) in [6.07, 6.45) is -0.112. The van der Waals surface area contributed by atoms with Crippen molar-refractivity contribution in [2.45, 2.75) is 58.3 Å². The van der Waals surface area contributed by atoms with Gasteiger partial charge in [-0.15, -0.1) is 0 Å². The van der Waals surface area contributed by atoms with Crippen molar-refractivity contribution in [2.75, 3.05) is 36.9 Å². The van der Waals surface area contributed by atoms with Gasteiger partial charge >= 0.3 is 6.18 Å². The molecule has 0 radical (unpaired) electrons. The van der Waals surface area contributed by atoms with Gasteiger partial charge in [0.2, 0.25) is 5.75 Å². The van der Waals surface area contributed by atoms with Crippen LogP contribution >= 0.6 is 0 Å². The number of hydrogen-bond donors (Lipinski definition) is 2. The van der Waals surface area contributed by atoms with E-state index in [4.69, 9.17) is 15.5 Å². The molecule has 3 N–H and O–H groups in total. The smallest absolute Gasteiger partial charge is 0.419 e. The Morgan fingerprint density at radius 2 is 1.92 bits per heavy atom. The lowest BCUT2D eigenvalue weighted by atomic mass is 9.95. The standard InChI is InChI=1S/C26H33F4N7O/c1-4-38-22-23(31)33-15-34-25(22)36-10-7-17(8-11-36)24-35-21(14-37(24)12-9-32-16(2)3)18-5-6-20(27)19(13-18)26(28,29)30/h5-6,13-17,32H,4,7-12H2,1-3H3,(H2,31,33,34). The summed E-state index contributed by atoms with van der Waals surface area (Å²) in [7, 11) is 0. The molecule has 0 saturated carbocycles. The highest BCUT2D eigenvalue weighted by Crippen LogP contribution is 2.37. The van der Waals surface area contributed by atoms with Gasteiger partial charge in [0, 0.05) is 49.9 Å². The van der Waals surface area contributed by atoms with Crippen LogP contribution in [0.1, 0.15) is 50.9 Å². The Hall–Kier alpha value is -3.41. The summed E-state index contributed by atoms with van der Waals surface area (Å²) in [5.41, 5.74) is 5.33. The number of aromatic nitrogens is 4. The maximum atomic E-state index is 13.9. The first-order chi connectivity index (χ1) is 18.1. The number of halogens is 4. The summed E-state index contributed by atoms with van der Waals surface area (Å²) in [6.45, 7) is 9.01. The average molecular weight is 536 g/mol. The van der Waals surface area contributed by atoms with Crippen LogP contribution in [-0.2, 0) is 12.7 Å². The van der Waals surface area contributed by atoms with E-state index in [0.29, 0.717) is 50.0 Å². The molecule has 12 heteroatoms. The van der Waals surface area contributed by atoms with Gasteiger partial charge in [0.15, 0.2) is 11.6 Å². The van der Waals surface area contributed by atoms with Gasteiger partial charge in [0.05, 0.1) is 17.9 Å². The molecular weight excluding hydrogens is 502 g/mol. The summed E-state index contributed by atoms with van der Waals surface area (Å²) in [5.74, 6) is 0.981. The first-order valence-corrected chi connectivity index (χ1v) is 12.7. The Morgan fingerprint density at radius 1 is 1.18 bits per heavy atom. The van der Waals surface area contributed by atoms with Crippen LogP contribution in [0.4, 0.5) is 29.2 Å². The average Bonchev–Trinajstić information content (AvgIpc) is 3.29. The molecule has 1 aliphatic rings. The largest absolute Gasteiger partial charge is 0.487 e. The third kappa shape index (κ3) is 6.17. The van der Waals surface area contributed by atoms with Crippen LogP contribution < -0.4 is 20.7 Å². The second-order valence-corrected chi connectivity index (χ2v) is 9.58. The maximum Gasteiger partial charge on any atom is 0.419 e. The molecule has 0 bridgehead atoms. The molecule has 0 unspecified atom stereocenters. The van der Waals surface area contributed by atoms with Gasteiger partial charge in [-0.2, -0.15) is 13.2 Å². The SMILES string of the molecule is CCOc1c(N)ncnc1N1CCC(c2nc(-c3ccc(F)c(C(F)(F)F)c3)cn2CCNC(C)C)CC1. The minimum atomic E-state index is -4.79. The second kappa shape index (κ2) is 11.5. The molecule has 2 aromatic heterocycles. The van der Waals surface area contributed by atoms with E-state index in [1.54, 1.807) is 6.20 Å². The van der Waals surface area contributed by atoms with Crippen molar-refractivity contribution >= 4 is 11.6 Å². The zero-order chi connectivity index (χ0) is 27.4. The van der Waals surface area contributed by atoms with Crippen LogP contribution in [0, 0.1) is 5.82 Å². The first kappa shape index (κ1) is 27.6. The van der Waals surface area contributed by atoms with Gasteiger partial charge in [0.1, 0.15) is 18.0 Å². The van der Waals surface area contributed by atoms with E-state index in [2.05, 4.69) is 20.2 Å². The Labute approximate surface area is 219 Å². The number of piperidine rings is 1. The number of hydrogen-bond acceptors (Lipinski definition) is 7. The number of nitrogens with zero attached hydrogens (tertiary/aromatic N) is 5.